The topological polar surface area (TPSA) is 33.0 Å². The van der Waals surface area contributed by atoms with E-state index in [1.807, 2.05) is 25.1 Å². The van der Waals surface area contributed by atoms with E-state index >= 15 is 0 Å². The van der Waals surface area contributed by atoms with Gasteiger partial charge in [-0.25, -0.2) is 4.39 Å². The van der Waals surface area contributed by atoms with Crippen LogP contribution in [0, 0.1) is 29.0 Å². The number of hydrogen-bond acceptors (Lipinski definition) is 2. The predicted molar refractivity (Wildman–Crippen MR) is 93.1 cm³/mol. The Hall–Kier alpha value is -1.66. The molecule has 4 atom stereocenters. The number of hydrogen-bond donors (Lipinski definition) is 0. The number of halogens is 1. The molecule has 0 spiro atoms. The lowest BCUT2D eigenvalue weighted by molar-refractivity contribution is -0.00320. The van der Waals surface area contributed by atoms with Crippen LogP contribution >= 0.6 is 0 Å². The van der Waals surface area contributed by atoms with Gasteiger partial charge in [-0.1, -0.05) is 18.2 Å². The molecule has 2 nitrogen and oxygen atoms in total. The average Bonchev–Trinajstić information content (AvgIpc) is 2.61. The van der Waals surface area contributed by atoms with Crippen LogP contribution in [-0.4, -0.2) is 12.7 Å². The summed E-state index contributed by atoms with van der Waals surface area (Å²) in [5.41, 5.74) is 1.21. The first-order valence-electron chi connectivity index (χ1n) is 9.13. The number of benzene rings is 1. The number of allylic oxidation sites excluding steroid dienone is 1. The van der Waals surface area contributed by atoms with Gasteiger partial charge in [-0.15, -0.1) is 0 Å². The predicted octanol–water partition coefficient (Wildman–Crippen LogP) is 5.34. The lowest BCUT2D eigenvalue weighted by Crippen LogP contribution is -2.33. The van der Waals surface area contributed by atoms with Crippen LogP contribution in [0.3, 0.4) is 0 Å². The largest absolute Gasteiger partial charge is 0.374 e. The Bertz CT molecular complexity index is 633. The first-order chi connectivity index (χ1) is 11.7. The van der Waals surface area contributed by atoms with Gasteiger partial charge in [0, 0.05) is 0 Å². The van der Waals surface area contributed by atoms with E-state index < -0.39 is 0 Å². The molecule has 4 unspecified atom stereocenters. The Balaban J connectivity index is 1.58. The highest BCUT2D eigenvalue weighted by Crippen LogP contribution is 2.46. The van der Waals surface area contributed by atoms with Gasteiger partial charge in [0.15, 0.2) is 0 Å². The van der Waals surface area contributed by atoms with Gasteiger partial charge in [-0.2, -0.15) is 5.26 Å². The Morgan fingerprint density at radius 3 is 2.75 bits per heavy atom. The van der Waals surface area contributed by atoms with Crippen LogP contribution in [-0.2, 0) is 4.74 Å². The molecule has 2 fully saturated rings. The lowest BCUT2D eigenvalue weighted by atomic mass is 9.65. The Morgan fingerprint density at radius 1 is 1.21 bits per heavy atom. The van der Waals surface area contributed by atoms with Crippen LogP contribution in [0.5, 0.6) is 0 Å². The maximum Gasteiger partial charge on any atom is 0.141 e. The van der Waals surface area contributed by atoms with E-state index in [1.165, 1.54) is 19.3 Å². The van der Waals surface area contributed by atoms with E-state index in [0.29, 0.717) is 12.0 Å². The summed E-state index contributed by atoms with van der Waals surface area (Å²) in [6.07, 6.45) is 11.5. The number of fused-ring (bicyclic) bond motifs is 1. The minimum Gasteiger partial charge on any atom is -0.374 e. The smallest absolute Gasteiger partial charge is 0.141 e. The summed E-state index contributed by atoms with van der Waals surface area (Å²) in [5, 5.41) is 8.87. The molecule has 0 saturated heterocycles. The van der Waals surface area contributed by atoms with Crippen LogP contribution in [0.1, 0.15) is 62.5 Å². The molecule has 2 aliphatic rings. The van der Waals surface area contributed by atoms with Gasteiger partial charge in [-0.05, 0) is 80.9 Å². The third-order valence-electron chi connectivity index (χ3n) is 5.81. The lowest BCUT2D eigenvalue weighted by Gasteiger charge is -2.42. The number of ether oxygens (including phenoxy) is 1. The molecule has 0 aliphatic heterocycles. The van der Waals surface area contributed by atoms with Crippen molar-refractivity contribution in [3.63, 3.8) is 0 Å². The van der Waals surface area contributed by atoms with Crippen molar-refractivity contribution < 1.29 is 9.13 Å². The maximum absolute atomic E-state index is 13.9. The summed E-state index contributed by atoms with van der Waals surface area (Å²) < 4.78 is 19.9. The summed E-state index contributed by atoms with van der Waals surface area (Å²) in [4.78, 5) is 0. The van der Waals surface area contributed by atoms with E-state index in [0.717, 1.165) is 43.3 Å². The summed E-state index contributed by atoms with van der Waals surface area (Å²) in [7, 11) is 0. The van der Waals surface area contributed by atoms with E-state index in [-0.39, 0.29) is 11.4 Å². The Morgan fingerprint density at radius 2 is 2.00 bits per heavy atom. The second-order valence-electron chi connectivity index (χ2n) is 7.22. The number of nitrogens with zero attached hydrogens (tertiary/aromatic N) is 1. The van der Waals surface area contributed by atoms with Gasteiger partial charge in [0.1, 0.15) is 11.9 Å². The Labute approximate surface area is 144 Å². The molecule has 128 valence electrons. The standard InChI is InChI=1S/C21H26FNO/c1-2-3-10-24-20-9-8-16-11-15(4-5-17(16)12-20)18-6-7-19(14-23)21(22)13-18/h2-3,6-7,13,15-17,20H,4-5,8-12H2,1H3/b3-2+. The highest BCUT2D eigenvalue weighted by atomic mass is 19.1. The van der Waals surface area contributed by atoms with E-state index in [1.54, 1.807) is 12.1 Å². The fraction of sp³-hybridized carbons (Fsp3) is 0.571. The quantitative estimate of drug-likeness (QED) is 0.699. The van der Waals surface area contributed by atoms with Gasteiger partial charge in [0.25, 0.3) is 0 Å². The minimum absolute atomic E-state index is 0.145. The molecule has 0 N–H and O–H groups in total. The first kappa shape index (κ1) is 17.2. The van der Waals surface area contributed by atoms with Gasteiger partial charge in [-0.3, -0.25) is 0 Å². The van der Waals surface area contributed by atoms with Crippen molar-refractivity contribution >= 4 is 0 Å². The molecular weight excluding hydrogens is 301 g/mol. The summed E-state index contributed by atoms with van der Waals surface area (Å²) >= 11 is 0. The first-order valence-corrected chi connectivity index (χ1v) is 9.13. The fourth-order valence-corrected chi connectivity index (χ4v) is 4.46. The summed E-state index contributed by atoms with van der Waals surface area (Å²) in [5.74, 6) is 1.56. The molecule has 0 aromatic heterocycles. The van der Waals surface area contributed by atoms with Crippen LogP contribution in [0.15, 0.2) is 30.4 Å². The van der Waals surface area contributed by atoms with Gasteiger partial charge in [0.2, 0.25) is 0 Å². The molecule has 0 bridgehead atoms. The molecule has 3 heteroatoms. The Kier molecular flexibility index (Phi) is 5.68. The normalized spacial score (nSPS) is 30.0. The molecule has 1 aromatic carbocycles. The average molecular weight is 327 g/mol. The molecule has 24 heavy (non-hydrogen) atoms. The third kappa shape index (κ3) is 3.87. The van der Waals surface area contributed by atoms with Gasteiger partial charge < -0.3 is 4.74 Å². The monoisotopic (exact) mass is 327 g/mol. The molecule has 2 aliphatic carbocycles. The zero-order valence-corrected chi connectivity index (χ0v) is 14.4. The fourth-order valence-electron chi connectivity index (χ4n) is 4.46. The second-order valence-corrected chi connectivity index (χ2v) is 7.22. The molecule has 0 amide bonds. The summed E-state index contributed by atoms with van der Waals surface area (Å²) in [6.45, 7) is 2.75. The van der Waals surface area contributed by atoms with Crippen molar-refractivity contribution in [3.8, 4) is 6.07 Å². The maximum atomic E-state index is 13.9. The zero-order valence-electron chi connectivity index (χ0n) is 14.4. The molecule has 2 saturated carbocycles. The minimum atomic E-state index is -0.377. The van der Waals surface area contributed by atoms with Crippen molar-refractivity contribution in [3.05, 3.63) is 47.3 Å². The van der Waals surface area contributed by atoms with E-state index in [9.17, 15) is 4.39 Å². The van der Waals surface area contributed by atoms with Crippen molar-refractivity contribution in [2.24, 2.45) is 11.8 Å². The van der Waals surface area contributed by atoms with Crippen LogP contribution in [0.4, 0.5) is 4.39 Å². The highest BCUT2D eigenvalue weighted by molar-refractivity contribution is 5.35. The van der Waals surface area contributed by atoms with Crippen LogP contribution < -0.4 is 0 Å². The molecule has 0 radical (unpaired) electrons. The number of rotatable bonds is 4. The SMILES string of the molecule is C/C=C/COC1CCC2CC(c3ccc(C#N)c(F)c3)CCC2C1. The van der Waals surface area contributed by atoms with Crippen LogP contribution in [0.2, 0.25) is 0 Å². The van der Waals surface area contributed by atoms with Crippen molar-refractivity contribution in [2.45, 2.75) is 57.5 Å². The summed E-state index contributed by atoms with van der Waals surface area (Å²) in [6, 6.07) is 7.05. The van der Waals surface area contributed by atoms with E-state index in [2.05, 4.69) is 6.08 Å². The van der Waals surface area contributed by atoms with Gasteiger partial charge in [0.05, 0.1) is 18.3 Å². The molecular formula is C21H26FNO. The van der Waals surface area contributed by atoms with E-state index in [4.69, 9.17) is 10.00 Å². The third-order valence-corrected chi connectivity index (χ3v) is 5.81. The zero-order chi connectivity index (χ0) is 16.9. The highest BCUT2D eigenvalue weighted by Gasteiger charge is 2.36. The van der Waals surface area contributed by atoms with Gasteiger partial charge >= 0.3 is 0 Å². The molecule has 3 rings (SSSR count). The van der Waals surface area contributed by atoms with Crippen molar-refractivity contribution in [1.82, 2.24) is 0 Å². The van der Waals surface area contributed by atoms with Crippen LogP contribution in [0.25, 0.3) is 0 Å². The van der Waals surface area contributed by atoms with Crippen molar-refractivity contribution in [2.75, 3.05) is 6.61 Å². The molecule has 0 heterocycles. The molecule has 1 aromatic rings. The number of nitriles is 1. The second kappa shape index (κ2) is 7.94. The van der Waals surface area contributed by atoms with Crippen molar-refractivity contribution in [1.29, 1.82) is 5.26 Å².